The van der Waals surface area contributed by atoms with Crippen molar-refractivity contribution in [3.63, 3.8) is 0 Å². The largest absolute Gasteiger partial charge is 0.337 e. The molecule has 0 radical (unpaired) electrons. The maximum absolute atomic E-state index is 13.3. The van der Waals surface area contributed by atoms with E-state index >= 15 is 0 Å². The highest BCUT2D eigenvalue weighted by Gasteiger charge is 2.35. The van der Waals surface area contributed by atoms with Crippen LogP contribution in [0.25, 0.3) is 11.4 Å². The van der Waals surface area contributed by atoms with Gasteiger partial charge in [0.05, 0.1) is 5.54 Å². The number of benzene rings is 1. The summed E-state index contributed by atoms with van der Waals surface area (Å²) in [6, 6.07) is 4.38. The summed E-state index contributed by atoms with van der Waals surface area (Å²) in [5, 5.41) is 3.95. The standard InChI is InChI=1S/C14H15BrFN3O/c15-11-5-4-9(16)8-10(11)12-18-13(20-19-12)14(17)6-2-1-3-7-14/h4-5,8H,1-3,6-7,17H2. The Balaban J connectivity index is 1.95. The van der Waals surface area contributed by atoms with Crippen LogP contribution in [0.15, 0.2) is 27.2 Å². The van der Waals surface area contributed by atoms with Crippen LogP contribution in [0.5, 0.6) is 0 Å². The molecule has 1 aliphatic carbocycles. The van der Waals surface area contributed by atoms with Crippen molar-refractivity contribution in [1.82, 2.24) is 10.1 Å². The van der Waals surface area contributed by atoms with E-state index in [0.717, 1.165) is 30.2 Å². The van der Waals surface area contributed by atoms with Crippen molar-refractivity contribution >= 4 is 15.9 Å². The molecule has 3 rings (SSSR count). The zero-order valence-corrected chi connectivity index (χ0v) is 12.5. The molecule has 0 atom stereocenters. The van der Waals surface area contributed by atoms with Gasteiger partial charge in [0, 0.05) is 10.0 Å². The van der Waals surface area contributed by atoms with E-state index in [9.17, 15) is 4.39 Å². The molecule has 106 valence electrons. The quantitative estimate of drug-likeness (QED) is 0.904. The van der Waals surface area contributed by atoms with E-state index in [1.165, 1.54) is 18.6 Å². The number of hydrogen-bond acceptors (Lipinski definition) is 4. The SMILES string of the molecule is NC1(c2nc(-c3cc(F)ccc3Br)no2)CCCCC1. The van der Waals surface area contributed by atoms with E-state index in [-0.39, 0.29) is 5.82 Å². The summed E-state index contributed by atoms with van der Waals surface area (Å²) in [6.07, 6.45) is 5.02. The Morgan fingerprint density at radius 3 is 2.75 bits per heavy atom. The van der Waals surface area contributed by atoms with Crippen molar-refractivity contribution in [2.75, 3.05) is 0 Å². The Bertz CT molecular complexity index is 623. The molecule has 1 fully saturated rings. The minimum absolute atomic E-state index is 0.338. The third-order valence-electron chi connectivity index (χ3n) is 3.77. The van der Waals surface area contributed by atoms with Gasteiger partial charge in [-0.2, -0.15) is 4.98 Å². The van der Waals surface area contributed by atoms with Gasteiger partial charge >= 0.3 is 0 Å². The summed E-state index contributed by atoms with van der Waals surface area (Å²) in [5.74, 6) is 0.472. The average molecular weight is 340 g/mol. The summed E-state index contributed by atoms with van der Waals surface area (Å²) >= 11 is 3.37. The minimum atomic E-state index is -0.538. The third-order valence-corrected chi connectivity index (χ3v) is 4.46. The lowest BCUT2D eigenvalue weighted by atomic mass is 9.82. The smallest absolute Gasteiger partial charge is 0.247 e. The van der Waals surface area contributed by atoms with Gasteiger partial charge in [-0.3, -0.25) is 0 Å². The molecule has 2 N–H and O–H groups in total. The monoisotopic (exact) mass is 339 g/mol. The van der Waals surface area contributed by atoms with E-state index in [1.807, 2.05) is 0 Å². The van der Waals surface area contributed by atoms with Crippen LogP contribution < -0.4 is 5.73 Å². The van der Waals surface area contributed by atoms with Crippen LogP contribution >= 0.6 is 15.9 Å². The highest BCUT2D eigenvalue weighted by Crippen LogP contribution is 2.35. The van der Waals surface area contributed by atoms with E-state index in [2.05, 4.69) is 26.1 Å². The predicted molar refractivity (Wildman–Crippen MR) is 76.3 cm³/mol. The number of nitrogens with two attached hydrogens (primary N) is 1. The van der Waals surface area contributed by atoms with Gasteiger partial charge in [-0.1, -0.05) is 40.3 Å². The van der Waals surface area contributed by atoms with E-state index in [1.54, 1.807) is 6.07 Å². The van der Waals surface area contributed by atoms with Crippen LogP contribution in [0, 0.1) is 5.82 Å². The van der Waals surface area contributed by atoms with E-state index in [0.29, 0.717) is 17.3 Å². The number of halogens is 2. The molecule has 0 unspecified atom stereocenters. The lowest BCUT2D eigenvalue weighted by Gasteiger charge is -2.29. The highest BCUT2D eigenvalue weighted by molar-refractivity contribution is 9.10. The molecule has 1 aliphatic rings. The van der Waals surface area contributed by atoms with Crippen molar-refractivity contribution < 1.29 is 8.91 Å². The molecule has 0 bridgehead atoms. The fourth-order valence-corrected chi connectivity index (χ4v) is 3.02. The van der Waals surface area contributed by atoms with Crippen molar-refractivity contribution in [2.24, 2.45) is 5.73 Å². The molecule has 0 spiro atoms. The lowest BCUT2D eigenvalue weighted by Crippen LogP contribution is -2.38. The molecule has 2 aromatic rings. The number of nitrogens with zero attached hydrogens (tertiary/aromatic N) is 2. The number of aromatic nitrogens is 2. The Hall–Kier alpha value is -1.27. The summed E-state index contributed by atoms with van der Waals surface area (Å²) in [4.78, 5) is 4.38. The fraction of sp³-hybridized carbons (Fsp3) is 0.429. The molecule has 4 nitrogen and oxygen atoms in total. The Morgan fingerprint density at radius 1 is 1.25 bits per heavy atom. The molecule has 0 aliphatic heterocycles. The van der Waals surface area contributed by atoms with Crippen LogP contribution in [0.2, 0.25) is 0 Å². The zero-order valence-electron chi connectivity index (χ0n) is 10.9. The van der Waals surface area contributed by atoms with Crippen LogP contribution in [-0.4, -0.2) is 10.1 Å². The Morgan fingerprint density at radius 2 is 2.00 bits per heavy atom. The highest BCUT2D eigenvalue weighted by atomic mass is 79.9. The maximum Gasteiger partial charge on any atom is 0.247 e. The molecule has 1 aromatic heterocycles. The molecule has 1 saturated carbocycles. The van der Waals surface area contributed by atoms with Crippen LogP contribution in [0.1, 0.15) is 38.0 Å². The first kappa shape index (κ1) is 13.7. The zero-order chi connectivity index (χ0) is 14.2. The lowest BCUT2D eigenvalue weighted by molar-refractivity contribution is 0.220. The topological polar surface area (TPSA) is 64.9 Å². The van der Waals surface area contributed by atoms with Crippen LogP contribution in [0.3, 0.4) is 0 Å². The molecule has 0 amide bonds. The van der Waals surface area contributed by atoms with Crippen molar-refractivity contribution in [3.8, 4) is 11.4 Å². The first-order valence-electron chi connectivity index (χ1n) is 6.67. The molecular weight excluding hydrogens is 325 g/mol. The van der Waals surface area contributed by atoms with Crippen LogP contribution in [-0.2, 0) is 5.54 Å². The van der Waals surface area contributed by atoms with Gasteiger partial charge in [-0.05, 0) is 31.0 Å². The molecular formula is C14H15BrFN3O. The van der Waals surface area contributed by atoms with Crippen molar-refractivity contribution in [2.45, 2.75) is 37.6 Å². The van der Waals surface area contributed by atoms with Gasteiger partial charge in [-0.25, -0.2) is 4.39 Å². The molecule has 1 aromatic carbocycles. The summed E-state index contributed by atoms with van der Waals surface area (Å²) in [7, 11) is 0. The summed E-state index contributed by atoms with van der Waals surface area (Å²) in [5.41, 5.74) is 6.39. The van der Waals surface area contributed by atoms with Gasteiger partial charge in [0.2, 0.25) is 11.7 Å². The summed E-state index contributed by atoms with van der Waals surface area (Å²) < 4.78 is 19.4. The molecule has 0 saturated heterocycles. The predicted octanol–water partition coefficient (Wildman–Crippen LogP) is 3.76. The maximum atomic E-state index is 13.3. The van der Waals surface area contributed by atoms with Crippen LogP contribution in [0.4, 0.5) is 4.39 Å². The Labute approximate surface area is 124 Å². The summed E-state index contributed by atoms with van der Waals surface area (Å²) in [6.45, 7) is 0. The Kier molecular flexibility index (Phi) is 3.60. The van der Waals surface area contributed by atoms with E-state index in [4.69, 9.17) is 10.3 Å². The van der Waals surface area contributed by atoms with E-state index < -0.39 is 5.54 Å². The third kappa shape index (κ3) is 2.50. The second-order valence-electron chi connectivity index (χ2n) is 5.26. The molecule has 1 heterocycles. The average Bonchev–Trinajstić information content (AvgIpc) is 2.93. The van der Waals surface area contributed by atoms with Gasteiger partial charge in [-0.15, -0.1) is 0 Å². The number of rotatable bonds is 2. The molecule has 20 heavy (non-hydrogen) atoms. The minimum Gasteiger partial charge on any atom is -0.337 e. The normalized spacial score (nSPS) is 18.1. The van der Waals surface area contributed by atoms with Gasteiger partial charge < -0.3 is 10.3 Å². The first-order chi connectivity index (χ1) is 9.58. The first-order valence-corrected chi connectivity index (χ1v) is 7.46. The van der Waals surface area contributed by atoms with Crippen molar-refractivity contribution in [1.29, 1.82) is 0 Å². The van der Waals surface area contributed by atoms with Gasteiger partial charge in [0.15, 0.2) is 0 Å². The van der Waals surface area contributed by atoms with Gasteiger partial charge in [0.25, 0.3) is 0 Å². The fourth-order valence-electron chi connectivity index (χ4n) is 2.60. The number of hydrogen-bond donors (Lipinski definition) is 1. The second-order valence-corrected chi connectivity index (χ2v) is 6.12. The molecule has 6 heteroatoms. The van der Waals surface area contributed by atoms with Gasteiger partial charge in [0.1, 0.15) is 5.82 Å². The second kappa shape index (κ2) is 5.26. The van der Waals surface area contributed by atoms with Crippen molar-refractivity contribution in [3.05, 3.63) is 34.4 Å².